The molecule has 21 heteroatoms. The van der Waals surface area contributed by atoms with Crippen molar-refractivity contribution in [2.75, 3.05) is 11.6 Å². The first kappa shape index (κ1) is 40.5. The zero-order chi connectivity index (χ0) is 33.2. The summed E-state index contributed by atoms with van der Waals surface area (Å²) in [5.74, 6) is -0.537. The summed E-state index contributed by atoms with van der Waals surface area (Å²) in [5, 5.41) is 0. The largest absolute Gasteiger partial charge is 0.388 e. The minimum Gasteiger partial charge on any atom is -0.388 e. The minimum atomic E-state index is -4.30. The van der Waals surface area contributed by atoms with Crippen LogP contribution in [-0.4, -0.2) is 77.2 Å². The zero-order valence-corrected chi connectivity index (χ0v) is 36.4. The van der Waals surface area contributed by atoms with Crippen molar-refractivity contribution in [1.82, 2.24) is 15.0 Å². The Bertz CT molecular complexity index is 1180. The van der Waals surface area contributed by atoms with Gasteiger partial charge >= 0.3 is 15.2 Å². The van der Waals surface area contributed by atoms with Gasteiger partial charge in [0.25, 0.3) is 17.4 Å². The normalized spacial score (nSPS) is 14.2. The lowest BCUT2D eigenvalue weighted by molar-refractivity contribution is 0.393. The average molecular weight is 750 g/mol. The maximum Gasteiger partial charge on any atom is 0.379 e. The molecule has 12 nitrogen and oxygen atoms in total. The molecule has 0 unspecified atom stereocenters. The lowest BCUT2D eigenvalue weighted by Crippen LogP contribution is -2.43. The minimum absolute atomic E-state index is 0.268. The van der Waals surface area contributed by atoms with Gasteiger partial charge in [0, 0.05) is 0 Å². The molecule has 0 amide bonds. The molecule has 0 aliphatic carbocycles. The van der Waals surface area contributed by atoms with E-state index in [1.165, 1.54) is 0 Å². The quantitative estimate of drug-likeness (QED) is 0.138. The Morgan fingerprint density at radius 3 is 0.976 bits per heavy atom. The predicted octanol–water partition coefficient (Wildman–Crippen LogP) is 5.87. The Labute approximate surface area is 259 Å². The van der Waals surface area contributed by atoms with E-state index in [4.69, 9.17) is 16.9 Å². The van der Waals surface area contributed by atoms with E-state index in [1.807, 2.05) is 78.6 Å². The van der Waals surface area contributed by atoms with Crippen LogP contribution in [0.4, 0.5) is 0 Å². The van der Waals surface area contributed by atoms with Crippen molar-refractivity contribution in [3.8, 4) is 0 Å². The van der Waals surface area contributed by atoms with E-state index in [9.17, 15) is 22.6 Å². The molecule has 0 N–H and O–H groups in total. The molecule has 1 rings (SSSR count). The molecule has 0 fully saturated rings. The van der Waals surface area contributed by atoms with E-state index in [2.05, 4.69) is 15.0 Å². The first-order valence-corrected chi connectivity index (χ1v) is 36.4. The molecule has 0 aliphatic heterocycles. The smallest absolute Gasteiger partial charge is 0.379 e. The van der Waals surface area contributed by atoms with Crippen LogP contribution in [0.15, 0.2) is 0 Å². The molecule has 1 heterocycles. The molecule has 0 spiro atoms. The highest BCUT2D eigenvalue weighted by Crippen LogP contribution is 2.54. The van der Waals surface area contributed by atoms with Gasteiger partial charge in [-0.15, -0.1) is 0 Å². The maximum absolute atomic E-state index is 14.6. The lowest BCUT2D eigenvalue weighted by atomic mass is 11.0. The topological polar surface area (TPSA) is 161 Å². The molecule has 0 aromatic carbocycles. The molecule has 242 valence electrons. The van der Waals surface area contributed by atoms with Crippen LogP contribution in [-0.2, 0) is 39.5 Å². The first-order valence-electron chi connectivity index (χ1n) is 14.0. The van der Waals surface area contributed by atoms with Crippen LogP contribution in [0.25, 0.3) is 0 Å². The Balaban J connectivity index is 4.35. The average Bonchev–Trinajstić information content (AvgIpc) is 2.73. The summed E-state index contributed by atoms with van der Waals surface area (Å²) in [5.41, 5.74) is -1.24. The van der Waals surface area contributed by atoms with E-state index in [0.717, 1.165) is 0 Å². The van der Waals surface area contributed by atoms with Crippen LogP contribution >= 0.6 is 22.3 Å². The fourth-order valence-corrected chi connectivity index (χ4v) is 27.8. The van der Waals surface area contributed by atoms with E-state index in [-0.39, 0.29) is 29.2 Å². The van der Waals surface area contributed by atoms with Crippen molar-refractivity contribution in [3.63, 3.8) is 0 Å². The maximum atomic E-state index is 14.6. The summed E-state index contributed by atoms with van der Waals surface area (Å²) < 4.78 is 94.2. The molecular weight excluding hydrogens is 700 g/mol. The van der Waals surface area contributed by atoms with Gasteiger partial charge in [-0.2, -0.15) is 15.0 Å². The van der Waals surface area contributed by atoms with Gasteiger partial charge in [0.2, 0.25) is 11.1 Å². The predicted molar refractivity (Wildman–Crippen MR) is 183 cm³/mol. The van der Waals surface area contributed by atoms with Gasteiger partial charge in [0.1, 0.15) is 0 Å². The van der Waals surface area contributed by atoms with Crippen molar-refractivity contribution >= 4 is 89.7 Å². The van der Waals surface area contributed by atoms with Crippen LogP contribution in [0.5, 0.6) is 0 Å². The second-order valence-electron chi connectivity index (χ2n) is 14.0. The summed E-state index contributed by atoms with van der Waals surface area (Å²) in [6, 6.07) is 0.552. The molecular formula is C21H50N3O9P3Si6. The molecule has 0 saturated carbocycles. The molecule has 0 atom stereocenters. The highest BCUT2D eigenvalue weighted by atomic mass is 31.2. The molecule has 0 radical (unpaired) electrons. The zero-order valence-electron chi connectivity index (χ0n) is 27.7. The third-order valence-corrected chi connectivity index (χ3v) is 28.1. The van der Waals surface area contributed by atoms with Crippen molar-refractivity contribution < 1.29 is 39.5 Å². The summed E-state index contributed by atoms with van der Waals surface area (Å²) >= 11 is 0. The Kier molecular flexibility index (Phi) is 13.9. The number of rotatable bonds is 17. The van der Waals surface area contributed by atoms with Crippen LogP contribution in [0.1, 0.15) is 13.8 Å². The molecule has 0 bridgehead atoms. The molecule has 1 aromatic rings. The summed E-state index contributed by atoms with van der Waals surface area (Å²) in [4.78, 5) is 13.2. The summed E-state index contributed by atoms with van der Waals surface area (Å²) in [6.45, 7) is 25.4. The second-order valence-corrected chi connectivity index (χ2v) is 44.9. The number of hydrogen-bond donors (Lipinski definition) is 0. The van der Waals surface area contributed by atoms with E-state index >= 15 is 0 Å². The fraction of sp³-hybridized carbons (Fsp3) is 0.857. The monoisotopic (exact) mass is 749 g/mol. The van der Waals surface area contributed by atoms with Crippen LogP contribution in [0, 0.1) is 0 Å². The summed E-state index contributed by atoms with van der Waals surface area (Å²) in [6.07, 6.45) is 0. The van der Waals surface area contributed by atoms with Crippen LogP contribution in [0.3, 0.4) is 0 Å². The third kappa shape index (κ3) is 13.4. The number of nitrogens with zero attached hydrogens (tertiary/aromatic N) is 3. The van der Waals surface area contributed by atoms with Gasteiger partial charge in [0.05, 0.1) is 11.6 Å². The van der Waals surface area contributed by atoms with Gasteiger partial charge < -0.3 is 30.3 Å². The van der Waals surface area contributed by atoms with Gasteiger partial charge in [-0.3, -0.25) is 9.13 Å². The Morgan fingerprint density at radius 1 is 0.524 bits per heavy atom. The summed E-state index contributed by atoms with van der Waals surface area (Å²) in [7, 11) is -27.5. The highest BCUT2D eigenvalue weighted by Gasteiger charge is 2.47. The fourth-order valence-electron chi connectivity index (χ4n) is 3.40. The second kappa shape index (κ2) is 14.5. The van der Waals surface area contributed by atoms with Gasteiger partial charge in [-0.1, -0.05) is 13.8 Å². The molecule has 42 heavy (non-hydrogen) atoms. The van der Waals surface area contributed by atoms with Gasteiger partial charge in [0.15, 0.2) is 46.0 Å². The molecule has 1 aromatic heterocycles. The van der Waals surface area contributed by atoms with Gasteiger partial charge in [-0.25, -0.2) is 0 Å². The van der Waals surface area contributed by atoms with Crippen molar-refractivity contribution in [2.24, 2.45) is 0 Å². The Morgan fingerprint density at radius 2 is 0.762 bits per heavy atom. The molecule has 0 aliphatic rings. The van der Waals surface area contributed by atoms with Crippen LogP contribution < -0.4 is 16.7 Å². The first-order chi connectivity index (χ1) is 18.6. The number of aromatic nitrogens is 3. The Hall–Kier alpha value is 0.441. The third-order valence-electron chi connectivity index (χ3n) is 4.68. The van der Waals surface area contributed by atoms with E-state index in [0.29, 0.717) is 0 Å². The van der Waals surface area contributed by atoms with Crippen molar-refractivity contribution in [3.05, 3.63) is 0 Å². The SMILES string of the molecule is CC[Si](=O)CP(=O)(C[Si](=O)CC)c1nc(P(=O)(O[Si](C)(C)C)O[Si](C)(C)C)nc(P(=O)(O[Si](C)(C)C)O[Si](C)(C)C)n1. The number of hydrogen-bond acceptors (Lipinski definition) is 12. The standard InChI is InChI=1S/C21H50N3O9P3Si6/c1-15-37(28)17-34(25,18-38(29)16-2)19-22-20(35(26,30-39(3,4)5)31-40(6,7)8)24-21(23-19)36(27,32-41(9,10)11)33-42(12,13)14/h15-18H2,1-14H3. The van der Waals surface area contributed by atoms with Crippen molar-refractivity contribution in [2.45, 2.75) is 104 Å². The van der Waals surface area contributed by atoms with Gasteiger partial charge in [-0.05, 0) is 90.7 Å². The highest BCUT2D eigenvalue weighted by molar-refractivity contribution is 7.74. The molecule has 0 saturated heterocycles. The van der Waals surface area contributed by atoms with Crippen molar-refractivity contribution in [1.29, 1.82) is 0 Å². The van der Waals surface area contributed by atoms with E-state index < -0.39 is 84.1 Å². The van der Waals surface area contributed by atoms with E-state index in [1.54, 1.807) is 13.8 Å². The van der Waals surface area contributed by atoms with Crippen LogP contribution in [0.2, 0.25) is 90.7 Å². The lowest BCUT2D eigenvalue weighted by Gasteiger charge is -2.32.